The number of ether oxygens (including phenoxy) is 1. The Bertz CT molecular complexity index is 546. The van der Waals surface area contributed by atoms with E-state index in [2.05, 4.69) is 31.3 Å². The SMILES string of the molecule is Cc1cc(OC(C)C)ccc1NC(C)CCc1ccco1. The lowest BCUT2D eigenvalue weighted by atomic mass is 10.1. The molecule has 1 unspecified atom stereocenters. The molecule has 2 aromatic rings. The molecule has 0 aliphatic heterocycles. The van der Waals surface area contributed by atoms with E-state index in [9.17, 15) is 0 Å². The van der Waals surface area contributed by atoms with Crippen LogP contribution in [0.4, 0.5) is 5.69 Å². The molecule has 0 saturated heterocycles. The van der Waals surface area contributed by atoms with Gasteiger partial charge in [0.2, 0.25) is 0 Å². The van der Waals surface area contributed by atoms with Gasteiger partial charge in [0, 0.05) is 18.2 Å². The molecule has 2 rings (SSSR count). The molecule has 0 spiro atoms. The van der Waals surface area contributed by atoms with Crippen LogP contribution in [0.15, 0.2) is 41.0 Å². The van der Waals surface area contributed by atoms with Crippen LogP contribution in [0.5, 0.6) is 5.75 Å². The van der Waals surface area contributed by atoms with E-state index in [0.717, 1.165) is 30.0 Å². The van der Waals surface area contributed by atoms with Crippen LogP contribution in [0.3, 0.4) is 0 Å². The van der Waals surface area contributed by atoms with Crippen LogP contribution in [0.25, 0.3) is 0 Å². The van der Waals surface area contributed by atoms with Crippen LogP contribution in [0.1, 0.15) is 38.5 Å². The minimum absolute atomic E-state index is 0.204. The first kappa shape index (κ1) is 15.5. The predicted molar refractivity (Wildman–Crippen MR) is 87.1 cm³/mol. The number of rotatable bonds is 7. The summed E-state index contributed by atoms with van der Waals surface area (Å²) in [6.45, 7) is 8.38. The molecular formula is C18H25NO2. The van der Waals surface area contributed by atoms with Crippen molar-refractivity contribution in [1.29, 1.82) is 0 Å². The van der Waals surface area contributed by atoms with Gasteiger partial charge in [-0.05, 0) is 70.0 Å². The van der Waals surface area contributed by atoms with Crippen LogP contribution >= 0.6 is 0 Å². The molecule has 1 aromatic carbocycles. The van der Waals surface area contributed by atoms with Crippen molar-refractivity contribution < 1.29 is 9.15 Å². The molecule has 0 aliphatic rings. The minimum atomic E-state index is 0.204. The molecule has 0 aliphatic carbocycles. The molecule has 0 fully saturated rings. The Labute approximate surface area is 127 Å². The standard InChI is InChI=1S/C18H25NO2/c1-13(2)21-17-9-10-18(14(3)12-17)19-15(4)7-8-16-6-5-11-20-16/h5-6,9-13,15,19H,7-8H2,1-4H3. The van der Waals surface area contributed by atoms with Crippen LogP contribution in [-0.4, -0.2) is 12.1 Å². The van der Waals surface area contributed by atoms with E-state index in [1.165, 1.54) is 5.56 Å². The Morgan fingerprint density at radius 3 is 2.62 bits per heavy atom. The van der Waals surface area contributed by atoms with Crippen molar-refractivity contribution in [1.82, 2.24) is 0 Å². The molecular weight excluding hydrogens is 262 g/mol. The zero-order chi connectivity index (χ0) is 15.2. The lowest BCUT2D eigenvalue weighted by Crippen LogP contribution is -2.16. The molecule has 0 saturated carbocycles. The maximum absolute atomic E-state index is 5.71. The van der Waals surface area contributed by atoms with Gasteiger partial charge in [-0.3, -0.25) is 0 Å². The molecule has 0 radical (unpaired) electrons. The molecule has 3 heteroatoms. The summed E-state index contributed by atoms with van der Waals surface area (Å²) in [6.07, 6.45) is 3.92. The summed E-state index contributed by atoms with van der Waals surface area (Å²) < 4.78 is 11.1. The Morgan fingerprint density at radius 2 is 2.00 bits per heavy atom. The molecule has 0 amide bonds. The summed E-state index contributed by atoms with van der Waals surface area (Å²) in [5.74, 6) is 1.97. The predicted octanol–water partition coefficient (Wildman–Crippen LogP) is 4.81. The molecule has 0 bridgehead atoms. The minimum Gasteiger partial charge on any atom is -0.491 e. The zero-order valence-electron chi connectivity index (χ0n) is 13.3. The van der Waals surface area contributed by atoms with Crippen LogP contribution < -0.4 is 10.1 Å². The Balaban J connectivity index is 1.89. The van der Waals surface area contributed by atoms with Crippen LogP contribution in [0, 0.1) is 6.92 Å². The lowest BCUT2D eigenvalue weighted by Gasteiger charge is -2.18. The van der Waals surface area contributed by atoms with Gasteiger partial charge in [-0.25, -0.2) is 0 Å². The normalized spacial score (nSPS) is 12.4. The summed E-state index contributed by atoms with van der Waals surface area (Å²) in [6, 6.07) is 10.6. The molecule has 1 aromatic heterocycles. The summed E-state index contributed by atoms with van der Waals surface area (Å²) in [7, 11) is 0. The van der Waals surface area contributed by atoms with Gasteiger partial charge in [-0.1, -0.05) is 0 Å². The van der Waals surface area contributed by atoms with Gasteiger partial charge in [-0.15, -0.1) is 0 Å². The first-order valence-electron chi connectivity index (χ1n) is 7.61. The quantitative estimate of drug-likeness (QED) is 0.793. The van der Waals surface area contributed by atoms with Crippen molar-refractivity contribution in [3.8, 4) is 5.75 Å². The smallest absolute Gasteiger partial charge is 0.120 e. The molecule has 1 atom stereocenters. The Kier molecular flexibility index (Phi) is 5.32. The maximum Gasteiger partial charge on any atom is 0.120 e. The second-order valence-electron chi connectivity index (χ2n) is 5.81. The number of benzene rings is 1. The fourth-order valence-corrected chi connectivity index (χ4v) is 2.29. The van der Waals surface area contributed by atoms with Gasteiger partial charge in [0.15, 0.2) is 0 Å². The second-order valence-corrected chi connectivity index (χ2v) is 5.81. The monoisotopic (exact) mass is 287 g/mol. The van der Waals surface area contributed by atoms with Gasteiger partial charge in [0.25, 0.3) is 0 Å². The van der Waals surface area contributed by atoms with Crippen LogP contribution in [0.2, 0.25) is 0 Å². The first-order chi connectivity index (χ1) is 10.0. The fourth-order valence-electron chi connectivity index (χ4n) is 2.29. The highest BCUT2D eigenvalue weighted by Crippen LogP contribution is 2.23. The van der Waals surface area contributed by atoms with E-state index in [0.29, 0.717) is 6.04 Å². The molecule has 21 heavy (non-hydrogen) atoms. The Hall–Kier alpha value is -1.90. The van der Waals surface area contributed by atoms with Gasteiger partial charge in [-0.2, -0.15) is 0 Å². The fraction of sp³-hybridized carbons (Fsp3) is 0.444. The third-order valence-corrected chi connectivity index (χ3v) is 3.38. The van der Waals surface area contributed by atoms with Crippen molar-refractivity contribution in [3.05, 3.63) is 47.9 Å². The number of hydrogen-bond donors (Lipinski definition) is 1. The summed E-state index contributed by atoms with van der Waals surface area (Å²) in [5, 5.41) is 3.56. The molecule has 3 nitrogen and oxygen atoms in total. The maximum atomic E-state index is 5.71. The van der Waals surface area contributed by atoms with E-state index in [1.807, 2.05) is 32.0 Å². The van der Waals surface area contributed by atoms with Gasteiger partial charge >= 0.3 is 0 Å². The second kappa shape index (κ2) is 7.21. The van der Waals surface area contributed by atoms with E-state index in [-0.39, 0.29) is 6.10 Å². The van der Waals surface area contributed by atoms with Crippen LogP contribution in [-0.2, 0) is 6.42 Å². The third kappa shape index (κ3) is 4.85. The van der Waals surface area contributed by atoms with E-state index >= 15 is 0 Å². The molecule has 114 valence electrons. The highest BCUT2D eigenvalue weighted by Gasteiger charge is 2.07. The largest absolute Gasteiger partial charge is 0.491 e. The zero-order valence-corrected chi connectivity index (χ0v) is 13.3. The topological polar surface area (TPSA) is 34.4 Å². The van der Waals surface area contributed by atoms with Crippen molar-refractivity contribution in [3.63, 3.8) is 0 Å². The summed E-state index contributed by atoms with van der Waals surface area (Å²) in [5.41, 5.74) is 2.37. The summed E-state index contributed by atoms with van der Waals surface area (Å²) in [4.78, 5) is 0. The molecule has 1 N–H and O–H groups in total. The van der Waals surface area contributed by atoms with Crippen molar-refractivity contribution in [2.45, 2.75) is 52.7 Å². The number of anilines is 1. The van der Waals surface area contributed by atoms with E-state index in [1.54, 1.807) is 6.26 Å². The van der Waals surface area contributed by atoms with E-state index in [4.69, 9.17) is 9.15 Å². The van der Waals surface area contributed by atoms with Gasteiger partial charge in [0.05, 0.1) is 12.4 Å². The number of furan rings is 1. The van der Waals surface area contributed by atoms with Gasteiger partial charge < -0.3 is 14.5 Å². The summed E-state index contributed by atoms with van der Waals surface area (Å²) >= 11 is 0. The van der Waals surface area contributed by atoms with Crippen molar-refractivity contribution in [2.75, 3.05) is 5.32 Å². The third-order valence-electron chi connectivity index (χ3n) is 3.38. The number of aryl methyl sites for hydroxylation is 2. The first-order valence-corrected chi connectivity index (χ1v) is 7.61. The number of hydrogen-bond acceptors (Lipinski definition) is 3. The van der Waals surface area contributed by atoms with Crippen molar-refractivity contribution >= 4 is 5.69 Å². The lowest BCUT2D eigenvalue weighted by molar-refractivity contribution is 0.242. The Morgan fingerprint density at radius 1 is 1.19 bits per heavy atom. The average molecular weight is 287 g/mol. The average Bonchev–Trinajstić information content (AvgIpc) is 2.92. The number of nitrogens with one attached hydrogen (secondary N) is 1. The molecule has 1 heterocycles. The van der Waals surface area contributed by atoms with Gasteiger partial charge in [0.1, 0.15) is 11.5 Å². The highest BCUT2D eigenvalue weighted by atomic mass is 16.5. The highest BCUT2D eigenvalue weighted by molar-refractivity contribution is 5.54. The van der Waals surface area contributed by atoms with E-state index < -0.39 is 0 Å². The van der Waals surface area contributed by atoms with Crippen molar-refractivity contribution in [2.24, 2.45) is 0 Å².